The van der Waals surface area contributed by atoms with Crippen LogP contribution in [0, 0.1) is 0 Å². The van der Waals surface area contributed by atoms with Gasteiger partial charge in [-0.2, -0.15) is 0 Å². The van der Waals surface area contributed by atoms with Crippen molar-refractivity contribution in [1.29, 1.82) is 0 Å². The average molecular weight is 191 g/mol. The smallest absolute Gasteiger partial charge is 0.550 e. The van der Waals surface area contributed by atoms with Gasteiger partial charge in [0, 0.05) is 12.4 Å². The monoisotopic (exact) mass is 190 g/mol. The maximum atomic E-state index is 9.58. The zero-order valence-electron chi connectivity index (χ0n) is 4.68. The molecule has 0 radical (unpaired) electrons. The van der Waals surface area contributed by atoms with E-state index in [1.54, 1.807) is 0 Å². The van der Waals surface area contributed by atoms with Gasteiger partial charge in [-0.25, -0.2) is 0 Å². The van der Waals surface area contributed by atoms with E-state index in [1.165, 1.54) is 0 Å². The first kappa shape index (κ1) is 12.1. The Morgan fingerprint density at radius 2 is 1.80 bits per heavy atom. The van der Waals surface area contributed by atoms with Gasteiger partial charge in [0.25, 0.3) is 0 Å². The van der Waals surface area contributed by atoms with Gasteiger partial charge in [-0.3, -0.25) is 0 Å². The van der Waals surface area contributed by atoms with Crippen molar-refractivity contribution < 1.29 is 41.4 Å². The first-order valence-electron chi connectivity index (χ1n) is 2.13. The molecule has 60 valence electrons. The molecule has 1 N–H and O–H groups in total. The van der Waals surface area contributed by atoms with E-state index in [0.29, 0.717) is 0 Å². The molecule has 0 saturated heterocycles. The number of hydrogen-bond donors (Lipinski definition) is 1. The second kappa shape index (κ2) is 5.20. The third-order valence-electron chi connectivity index (χ3n) is 0.632. The predicted octanol–water partition coefficient (Wildman–Crippen LogP) is -3.77. The molecule has 1 unspecified atom stereocenters. The molecule has 0 heterocycles. The molecule has 0 aromatic rings. The fourth-order valence-corrected chi connectivity index (χ4v) is 0.241. The topological polar surface area (TPSA) is 100 Å². The summed E-state index contributed by atoms with van der Waals surface area (Å²) in [5.74, 6) is -3.43. The average Bonchev–Trinajstić information content (AvgIpc) is 1.63. The molecule has 10 heavy (non-hydrogen) atoms. The van der Waals surface area contributed by atoms with E-state index in [1.807, 2.05) is 0 Å². The molecular formula is C4H4NiO5. The summed E-state index contributed by atoms with van der Waals surface area (Å²) >= 11 is 0. The zero-order chi connectivity index (χ0) is 7.44. The van der Waals surface area contributed by atoms with Gasteiger partial charge in [-0.1, -0.05) is 0 Å². The Morgan fingerprint density at radius 3 is 1.90 bits per heavy atom. The van der Waals surface area contributed by atoms with Crippen molar-refractivity contribution in [3.05, 3.63) is 0 Å². The van der Waals surface area contributed by atoms with Crippen molar-refractivity contribution in [2.75, 3.05) is 0 Å². The summed E-state index contributed by atoms with van der Waals surface area (Å²) in [7, 11) is 0. The normalized spacial score (nSPS) is 11.3. The maximum absolute atomic E-state index is 9.58. The third kappa shape index (κ3) is 5.53. The minimum absolute atomic E-state index is 0. The quantitative estimate of drug-likeness (QED) is 0.461. The summed E-state index contributed by atoms with van der Waals surface area (Å²) in [5.41, 5.74) is 0. The number of carboxylic acid groups (broad SMARTS) is 2. The minimum Gasteiger partial charge on any atom is -0.550 e. The molecule has 5 nitrogen and oxygen atoms in total. The molecule has 0 aromatic carbocycles. The van der Waals surface area contributed by atoms with Crippen LogP contribution in [0.3, 0.4) is 0 Å². The molecule has 0 fully saturated rings. The molecule has 0 aliphatic carbocycles. The third-order valence-corrected chi connectivity index (χ3v) is 0.632. The van der Waals surface area contributed by atoms with Crippen molar-refractivity contribution in [1.82, 2.24) is 0 Å². The summed E-state index contributed by atoms with van der Waals surface area (Å²) < 4.78 is 0. The number of carbonyl (C=O) groups is 2. The molecule has 0 rings (SSSR count). The Labute approximate surface area is 66.6 Å². The summed E-state index contributed by atoms with van der Waals surface area (Å²) in [6.45, 7) is 0. The molecule has 0 saturated carbocycles. The van der Waals surface area contributed by atoms with Crippen LogP contribution in [0.15, 0.2) is 0 Å². The second-order valence-electron chi connectivity index (χ2n) is 1.41. The summed E-state index contributed by atoms with van der Waals surface area (Å²) in [4.78, 5) is 19.1. The molecule has 0 bridgehead atoms. The van der Waals surface area contributed by atoms with Gasteiger partial charge in [-0.05, 0) is 0 Å². The number of carbonyl (C=O) groups excluding carboxylic acids is 2. The van der Waals surface area contributed by atoms with Crippen molar-refractivity contribution in [2.45, 2.75) is 12.5 Å². The van der Waals surface area contributed by atoms with Crippen molar-refractivity contribution >= 4 is 11.9 Å². The maximum Gasteiger partial charge on any atom is 2.00 e. The summed E-state index contributed by atoms with van der Waals surface area (Å²) in [6, 6.07) is 0. The Balaban J connectivity index is 0. The van der Waals surface area contributed by atoms with Gasteiger partial charge in [-0.15, -0.1) is 0 Å². The SMILES string of the molecule is O=C([O-])CC(O)C(=O)[O-].[Ni+2]. The fraction of sp³-hybridized carbons (Fsp3) is 0.500. The molecule has 0 aliphatic rings. The van der Waals surface area contributed by atoms with Gasteiger partial charge in [0.2, 0.25) is 0 Å². The van der Waals surface area contributed by atoms with Gasteiger partial charge in [0.05, 0.1) is 12.1 Å². The molecule has 1 atom stereocenters. The van der Waals surface area contributed by atoms with E-state index >= 15 is 0 Å². The number of aliphatic carboxylic acids is 2. The van der Waals surface area contributed by atoms with Crippen molar-refractivity contribution in [3.8, 4) is 0 Å². The Kier molecular flexibility index (Phi) is 6.30. The van der Waals surface area contributed by atoms with Gasteiger partial charge >= 0.3 is 16.5 Å². The number of hydrogen-bond acceptors (Lipinski definition) is 5. The van der Waals surface area contributed by atoms with E-state index in [0.717, 1.165) is 0 Å². The fourth-order valence-electron chi connectivity index (χ4n) is 0.241. The van der Waals surface area contributed by atoms with Crippen LogP contribution in [0.1, 0.15) is 6.42 Å². The molecule has 0 spiro atoms. The standard InChI is InChI=1S/C4H6O5.Ni/c5-2(4(8)9)1-3(6)7;/h2,5H,1H2,(H,6,7)(H,8,9);/q;+2/p-2. The van der Waals surface area contributed by atoms with Crippen LogP contribution in [0.25, 0.3) is 0 Å². The molecular weight excluding hydrogens is 187 g/mol. The van der Waals surface area contributed by atoms with Crippen LogP contribution < -0.4 is 10.2 Å². The molecule has 0 aliphatic heterocycles. The van der Waals surface area contributed by atoms with E-state index < -0.39 is 24.5 Å². The number of aliphatic hydroxyl groups excluding tert-OH is 1. The van der Waals surface area contributed by atoms with Gasteiger partial charge < -0.3 is 24.9 Å². The van der Waals surface area contributed by atoms with Crippen molar-refractivity contribution in [3.63, 3.8) is 0 Å². The van der Waals surface area contributed by atoms with Gasteiger partial charge in [0.15, 0.2) is 0 Å². The molecule has 0 aromatic heterocycles. The minimum atomic E-state index is -1.96. The van der Waals surface area contributed by atoms with Crippen LogP contribution in [0.2, 0.25) is 0 Å². The first-order valence-corrected chi connectivity index (χ1v) is 2.13. The van der Waals surface area contributed by atoms with E-state index in [9.17, 15) is 19.8 Å². The van der Waals surface area contributed by atoms with E-state index in [-0.39, 0.29) is 16.5 Å². The predicted molar refractivity (Wildman–Crippen MR) is 20.6 cm³/mol. The second-order valence-corrected chi connectivity index (χ2v) is 1.41. The van der Waals surface area contributed by atoms with Crippen LogP contribution in [-0.2, 0) is 26.1 Å². The Hall–Kier alpha value is -0.606. The Morgan fingerprint density at radius 1 is 1.40 bits per heavy atom. The van der Waals surface area contributed by atoms with E-state index in [4.69, 9.17) is 5.11 Å². The van der Waals surface area contributed by atoms with Gasteiger partial charge in [0.1, 0.15) is 0 Å². The number of carboxylic acids is 2. The van der Waals surface area contributed by atoms with Crippen LogP contribution >= 0.6 is 0 Å². The Bertz CT molecular complexity index is 134. The van der Waals surface area contributed by atoms with Crippen LogP contribution in [0.5, 0.6) is 0 Å². The number of aliphatic hydroxyl groups is 1. The summed E-state index contributed by atoms with van der Waals surface area (Å²) in [6.07, 6.45) is -2.89. The molecule has 6 heteroatoms. The number of rotatable bonds is 3. The van der Waals surface area contributed by atoms with E-state index in [2.05, 4.69) is 0 Å². The van der Waals surface area contributed by atoms with Crippen LogP contribution in [0.4, 0.5) is 0 Å². The van der Waals surface area contributed by atoms with Crippen molar-refractivity contribution in [2.24, 2.45) is 0 Å². The summed E-state index contributed by atoms with van der Waals surface area (Å²) in [5, 5.41) is 27.3. The molecule has 0 amide bonds. The van der Waals surface area contributed by atoms with Crippen LogP contribution in [-0.4, -0.2) is 23.1 Å². The largest absolute Gasteiger partial charge is 2.00 e. The first-order chi connectivity index (χ1) is 4.04. The zero-order valence-corrected chi connectivity index (χ0v) is 5.67.